The van der Waals surface area contributed by atoms with Gasteiger partial charge in [-0.15, -0.1) is 11.3 Å². The molecule has 1 aromatic heterocycles. The van der Waals surface area contributed by atoms with Gasteiger partial charge in [-0.1, -0.05) is 23.7 Å². The molecule has 0 aliphatic heterocycles. The van der Waals surface area contributed by atoms with Gasteiger partial charge in [-0.2, -0.15) is 0 Å². The molecule has 1 heterocycles. The largest absolute Gasteiger partial charge is 0.298 e. The molecule has 0 aliphatic carbocycles. The third-order valence-electron chi connectivity index (χ3n) is 2.01. The SMILES string of the molecule is Cc1sc2c(Cl)cccc2c1C=O. The van der Waals surface area contributed by atoms with Crippen molar-refractivity contribution in [3.8, 4) is 0 Å². The molecule has 0 atom stereocenters. The molecule has 3 heteroatoms. The van der Waals surface area contributed by atoms with Gasteiger partial charge in [0, 0.05) is 15.8 Å². The highest BCUT2D eigenvalue weighted by Gasteiger charge is 2.09. The predicted molar refractivity (Wildman–Crippen MR) is 57.0 cm³/mol. The van der Waals surface area contributed by atoms with Crippen LogP contribution < -0.4 is 0 Å². The first-order chi connectivity index (χ1) is 6.24. The summed E-state index contributed by atoms with van der Waals surface area (Å²) in [7, 11) is 0. The molecule has 0 spiro atoms. The second-order valence-corrected chi connectivity index (χ2v) is 4.44. The fourth-order valence-corrected chi connectivity index (χ4v) is 2.69. The zero-order chi connectivity index (χ0) is 9.42. The molecule has 0 bridgehead atoms. The lowest BCUT2D eigenvalue weighted by atomic mass is 10.1. The maximum atomic E-state index is 10.8. The van der Waals surface area contributed by atoms with E-state index < -0.39 is 0 Å². The van der Waals surface area contributed by atoms with E-state index in [1.165, 1.54) is 0 Å². The van der Waals surface area contributed by atoms with Crippen LogP contribution in [0, 0.1) is 6.92 Å². The molecule has 0 unspecified atom stereocenters. The van der Waals surface area contributed by atoms with Crippen LogP contribution in [0.3, 0.4) is 0 Å². The van der Waals surface area contributed by atoms with Crippen LogP contribution in [0.15, 0.2) is 18.2 Å². The van der Waals surface area contributed by atoms with E-state index in [9.17, 15) is 4.79 Å². The van der Waals surface area contributed by atoms with Crippen LogP contribution in [0.4, 0.5) is 0 Å². The molecule has 13 heavy (non-hydrogen) atoms. The molecule has 2 aromatic rings. The molecule has 1 aromatic carbocycles. The molecular weight excluding hydrogens is 204 g/mol. The van der Waals surface area contributed by atoms with Gasteiger partial charge in [-0.3, -0.25) is 4.79 Å². The number of hydrogen-bond acceptors (Lipinski definition) is 2. The first-order valence-corrected chi connectivity index (χ1v) is 5.06. The van der Waals surface area contributed by atoms with Crippen molar-refractivity contribution in [2.75, 3.05) is 0 Å². The second-order valence-electron chi connectivity index (χ2n) is 2.81. The van der Waals surface area contributed by atoms with Gasteiger partial charge >= 0.3 is 0 Å². The van der Waals surface area contributed by atoms with Gasteiger partial charge in [0.05, 0.1) is 9.72 Å². The van der Waals surface area contributed by atoms with Crippen molar-refractivity contribution in [2.45, 2.75) is 6.92 Å². The minimum absolute atomic E-state index is 0.721. The van der Waals surface area contributed by atoms with Crippen molar-refractivity contribution in [3.63, 3.8) is 0 Å². The number of aryl methyl sites for hydroxylation is 1. The van der Waals surface area contributed by atoms with Crippen LogP contribution in [0.25, 0.3) is 10.1 Å². The summed E-state index contributed by atoms with van der Waals surface area (Å²) in [6.07, 6.45) is 0.893. The predicted octanol–water partition coefficient (Wildman–Crippen LogP) is 3.68. The lowest BCUT2D eigenvalue weighted by molar-refractivity contribution is 0.112. The first kappa shape index (κ1) is 8.73. The van der Waals surface area contributed by atoms with Crippen molar-refractivity contribution in [1.82, 2.24) is 0 Å². The second kappa shape index (κ2) is 3.13. The third-order valence-corrected chi connectivity index (χ3v) is 3.61. The van der Waals surface area contributed by atoms with Crippen molar-refractivity contribution in [1.29, 1.82) is 0 Å². The zero-order valence-corrected chi connectivity index (χ0v) is 8.58. The molecule has 66 valence electrons. The van der Waals surface area contributed by atoms with Gasteiger partial charge in [0.1, 0.15) is 0 Å². The minimum Gasteiger partial charge on any atom is -0.298 e. The number of halogens is 1. The van der Waals surface area contributed by atoms with E-state index in [1.54, 1.807) is 11.3 Å². The number of aldehydes is 1. The Bertz CT molecular complexity index is 473. The summed E-state index contributed by atoms with van der Waals surface area (Å²) in [5.41, 5.74) is 0.766. The molecule has 0 saturated carbocycles. The molecular formula is C10H7ClOS. The van der Waals surface area contributed by atoms with Crippen LogP contribution in [0.1, 0.15) is 15.2 Å². The number of carbonyl (C=O) groups excluding carboxylic acids is 1. The zero-order valence-electron chi connectivity index (χ0n) is 7.00. The Morgan fingerprint density at radius 2 is 2.23 bits per heavy atom. The van der Waals surface area contributed by atoms with Crippen LogP contribution in [-0.2, 0) is 0 Å². The third kappa shape index (κ3) is 1.26. The summed E-state index contributed by atoms with van der Waals surface area (Å²) in [4.78, 5) is 11.8. The molecule has 0 amide bonds. The van der Waals surface area contributed by atoms with Crippen LogP contribution in [0.2, 0.25) is 5.02 Å². The Morgan fingerprint density at radius 1 is 1.46 bits per heavy atom. The van der Waals surface area contributed by atoms with Crippen LogP contribution in [0.5, 0.6) is 0 Å². The fraction of sp³-hybridized carbons (Fsp3) is 0.100. The van der Waals surface area contributed by atoms with E-state index in [1.807, 2.05) is 25.1 Å². The highest BCUT2D eigenvalue weighted by atomic mass is 35.5. The van der Waals surface area contributed by atoms with Gasteiger partial charge in [-0.05, 0) is 13.0 Å². The van der Waals surface area contributed by atoms with Crippen LogP contribution in [-0.4, -0.2) is 6.29 Å². The Hall–Kier alpha value is -0.860. The molecule has 1 nitrogen and oxygen atoms in total. The number of benzene rings is 1. The van der Waals surface area contributed by atoms with Crippen molar-refractivity contribution < 1.29 is 4.79 Å². The van der Waals surface area contributed by atoms with Crippen LogP contribution >= 0.6 is 22.9 Å². The number of hydrogen-bond donors (Lipinski definition) is 0. The topological polar surface area (TPSA) is 17.1 Å². The summed E-state index contributed by atoms with van der Waals surface area (Å²) in [6.45, 7) is 1.94. The van der Waals surface area contributed by atoms with Gasteiger partial charge in [-0.25, -0.2) is 0 Å². The first-order valence-electron chi connectivity index (χ1n) is 3.87. The standard InChI is InChI=1S/C10H7ClOS/c1-6-8(5-12)7-3-2-4-9(11)10(7)13-6/h2-5H,1H3. The van der Waals surface area contributed by atoms with E-state index in [4.69, 9.17) is 11.6 Å². The van der Waals surface area contributed by atoms with Crippen molar-refractivity contribution >= 4 is 39.3 Å². The molecule has 0 saturated heterocycles. The number of rotatable bonds is 1. The highest BCUT2D eigenvalue weighted by Crippen LogP contribution is 2.34. The monoisotopic (exact) mass is 210 g/mol. The fourth-order valence-electron chi connectivity index (χ4n) is 1.37. The normalized spacial score (nSPS) is 10.6. The molecule has 0 aliphatic rings. The van der Waals surface area contributed by atoms with E-state index in [0.29, 0.717) is 0 Å². The van der Waals surface area contributed by atoms with Crippen molar-refractivity contribution in [2.24, 2.45) is 0 Å². The number of carbonyl (C=O) groups is 1. The Labute approximate surface area is 84.9 Å². The smallest absolute Gasteiger partial charge is 0.151 e. The summed E-state index contributed by atoms with van der Waals surface area (Å²) in [5.74, 6) is 0. The average Bonchev–Trinajstić information content (AvgIpc) is 2.43. The Kier molecular flexibility index (Phi) is 2.10. The molecule has 0 fully saturated rings. The highest BCUT2D eigenvalue weighted by molar-refractivity contribution is 7.20. The lowest BCUT2D eigenvalue weighted by Crippen LogP contribution is -1.78. The Balaban J connectivity index is 2.93. The molecule has 0 radical (unpaired) electrons. The average molecular weight is 211 g/mol. The summed E-state index contributed by atoms with van der Waals surface area (Å²) >= 11 is 7.56. The lowest BCUT2D eigenvalue weighted by Gasteiger charge is -1.91. The number of thiophene rings is 1. The van der Waals surface area contributed by atoms with Gasteiger partial charge in [0.2, 0.25) is 0 Å². The van der Waals surface area contributed by atoms with E-state index >= 15 is 0 Å². The molecule has 2 rings (SSSR count). The van der Waals surface area contributed by atoms with E-state index in [2.05, 4.69) is 0 Å². The minimum atomic E-state index is 0.721. The van der Waals surface area contributed by atoms with Gasteiger partial charge in [0.25, 0.3) is 0 Å². The van der Waals surface area contributed by atoms with Crippen molar-refractivity contribution in [3.05, 3.63) is 33.7 Å². The Morgan fingerprint density at radius 3 is 2.92 bits per heavy atom. The summed E-state index contributed by atoms with van der Waals surface area (Å²) in [6, 6.07) is 5.63. The van der Waals surface area contributed by atoms with E-state index in [-0.39, 0.29) is 0 Å². The van der Waals surface area contributed by atoms with Gasteiger partial charge < -0.3 is 0 Å². The van der Waals surface area contributed by atoms with Gasteiger partial charge in [0.15, 0.2) is 6.29 Å². The number of fused-ring (bicyclic) bond motifs is 1. The maximum Gasteiger partial charge on any atom is 0.151 e. The van der Waals surface area contributed by atoms with E-state index in [0.717, 1.165) is 31.8 Å². The quantitative estimate of drug-likeness (QED) is 0.657. The summed E-state index contributed by atoms with van der Waals surface area (Å²) in [5, 5.41) is 1.68. The maximum absolute atomic E-state index is 10.8. The summed E-state index contributed by atoms with van der Waals surface area (Å²) < 4.78 is 1.00. The molecule has 0 N–H and O–H groups in total.